The van der Waals surface area contributed by atoms with Crippen LogP contribution in [0.15, 0.2) is 121 Å². The number of carbonyl (C=O) groups is 3. The van der Waals surface area contributed by atoms with Gasteiger partial charge in [0.05, 0.1) is 15.3 Å². The van der Waals surface area contributed by atoms with Crippen molar-refractivity contribution in [2.45, 2.75) is 30.8 Å². The average molecular weight is 665 g/mol. The normalized spacial score (nSPS) is 13.2. The number of halogens is 1. The molecule has 2 amide bonds. The fourth-order valence-corrected chi connectivity index (χ4v) is 7.19. The highest BCUT2D eigenvalue weighted by Gasteiger charge is 2.34. The molecule has 47 heavy (non-hydrogen) atoms. The summed E-state index contributed by atoms with van der Waals surface area (Å²) in [5.74, 6) is -1.74. The molecule has 0 spiro atoms. The lowest BCUT2D eigenvalue weighted by molar-refractivity contribution is -0.142. The van der Waals surface area contributed by atoms with Gasteiger partial charge < -0.3 is 20.1 Å². The lowest BCUT2D eigenvalue weighted by Crippen LogP contribution is -2.53. The summed E-state index contributed by atoms with van der Waals surface area (Å²) in [6.45, 7) is 0.0528. The van der Waals surface area contributed by atoms with Gasteiger partial charge in [-0.1, -0.05) is 121 Å². The number of benzene rings is 4. The fourth-order valence-electron chi connectivity index (χ4n) is 6.19. The second-order valence-electron chi connectivity index (χ2n) is 11.5. The Labute approximate surface area is 282 Å². The molecule has 0 aliphatic heterocycles. The summed E-state index contributed by atoms with van der Waals surface area (Å²) in [7, 11) is 0. The molecule has 0 unspecified atom stereocenters. The van der Waals surface area contributed by atoms with Gasteiger partial charge in [0.15, 0.2) is 0 Å². The number of aliphatic carboxylic acids is 1. The predicted molar refractivity (Wildman–Crippen MR) is 184 cm³/mol. The van der Waals surface area contributed by atoms with Crippen LogP contribution in [0.1, 0.15) is 37.8 Å². The molecule has 9 heteroatoms. The Morgan fingerprint density at radius 1 is 0.766 bits per heavy atom. The number of alkyl carbamates (subject to hydrolysis) is 1. The number of hydrogen-bond acceptors (Lipinski definition) is 5. The van der Waals surface area contributed by atoms with Crippen molar-refractivity contribution in [1.29, 1.82) is 0 Å². The monoisotopic (exact) mass is 664 g/mol. The number of nitrogens with one attached hydrogen (secondary N) is 1. The van der Waals surface area contributed by atoms with Crippen LogP contribution in [0.2, 0.25) is 4.34 Å². The number of amides is 2. The zero-order chi connectivity index (χ0) is 32.8. The maximum atomic E-state index is 14.0. The van der Waals surface area contributed by atoms with Crippen molar-refractivity contribution >= 4 is 40.9 Å². The molecule has 0 fully saturated rings. The summed E-state index contributed by atoms with van der Waals surface area (Å²) in [5, 5.41) is 13.4. The second kappa shape index (κ2) is 14.7. The molecule has 0 saturated heterocycles. The number of nitrogens with zero attached hydrogens (tertiary/aromatic N) is 1. The molecule has 7 nitrogen and oxygen atoms in total. The minimum atomic E-state index is -1.20. The van der Waals surface area contributed by atoms with Gasteiger partial charge in [-0.05, 0) is 51.9 Å². The Bertz CT molecular complexity index is 1820. The fraction of sp³-hybridized carbons (Fsp3) is 0.184. The van der Waals surface area contributed by atoms with Crippen LogP contribution in [0.5, 0.6) is 0 Å². The van der Waals surface area contributed by atoms with Crippen molar-refractivity contribution in [1.82, 2.24) is 10.2 Å². The molecule has 1 aliphatic carbocycles. The molecule has 0 bridgehead atoms. The van der Waals surface area contributed by atoms with Crippen LogP contribution < -0.4 is 5.32 Å². The van der Waals surface area contributed by atoms with E-state index in [9.17, 15) is 19.5 Å². The van der Waals surface area contributed by atoms with E-state index in [4.69, 9.17) is 16.3 Å². The molecular formula is C38H33ClN2O5S. The molecule has 2 N–H and O–H groups in total. The number of rotatable bonds is 12. The number of hydrogen-bond donors (Lipinski definition) is 2. The molecule has 2 atom stereocenters. The van der Waals surface area contributed by atoms with Crippen LogP contribution in [0.3, 0.4) is 0 Å². The third-order valence-electron chi connectivity index (χ3n) is 8.39. The molecule has 0 radical (unpaired) electrons. The molecule has 0 saturated carbocycles. The van der Waals surface area contributed by atoms with E-state index in [1.165, 1.54) is 4.90 Å². The van der Waals surface area contributed by atoms with Crippen molar-refractivity contribution in [3.05, 3.63) is 153 Å². The van der Waals surface area contributed by atoms with Gasteiger partial charge in [0.1, 0.15) is 12.6 Å². The number of fused-ring (bicyclic) bond motifs is 3. The van der Waals surface area contributed by atoms with Crippen LogP contribution in [0, 0.1) is 0 Å². The smallest absolute Gasteiger partial charge is 0.407 e. The minimum absolute atomic E-state index is 0.0722. The molecular weight excluding hydrogens is 632 g/mol. The SMILES string of the molecule is O=C(N[C@H](Cc1ccccc1)CN(C(=O)c1ccc(Cl)s1)[C@@H](Cc1ccccc1)C(=O)O)OCC1c2ccccc2-c2ccccc21. The van der Waals surface area contributed by atoms with Gasteiger partial charge in [-0.25, -0.2) is 9.59 Å². The van der Waals surface area contributed by atoms with Gasteiger partial charge in [0.25, 0.3) is 5.91 Å². The van der Waals surface area contributed by atoms with Crippen molar-refractivity contribution in [2.24, 2.45) is 0 Å². The number of thiophene rings is 1. The van der Waals surface area contributed by atoms with Gasteiger partial charge in [-0.15, -0.1) is 11.3 Å². The second-order valence-corrected chi connectivity index (χ2v) is 13.2. The Balaban J connectivity index is 1.25. The van der Waals surface area contributed by atoms with Crippen LogP contribution in [-0.2, 0) is 22.4 Å². The highest BCUT2D eigenvalue weighted by atomic mass is 35.5. The molecule has 1 aliphatic rings. The first-order valence-corrected chi connectivity index (χ1v) is 16.6. The molecule has 6 rings (SSSR count). The summed E-state index contributed by atoms with van der Waals surface area (Å²) in [4.78, 5) is 41.9. The van der Waals surface area contributed by atoms with Gasteiger partial charge in [0, 0.05) is 18.9 Å². The van der Waals surface area contributed by atoms with E-state index in [1.807, 2.05) is 84.9 Å². The van der Waals surface area contributed by atoms with E-state index >= 15 is 0 Å². The van der Waals surface area contributed by atoms with E-state index in [-0.39, 0.29) is 25.5 Å². The van der Waals surface area contributed by atoms with Crippen molar-refractivity contribution in [2.75, 3.05) is 13.2 Å². The van der Waals surface area contributed by atoms with Crippen LogP contribution in [0.25, 0.3) is 11.1 Å². The highest BCUT2D eigenvalue weighted by molar-refractivity contribution is 7.18. The average Bonchev–Trinajstić information content (AvgIpc) is 3.67. The number of carbonyl (C=O) groups excluding carboxylic acids is 2. The Hall–Kier alpha value is -4.92. The summed E-state index contributed by atoms with van der Waals surface area (Å²) >= 11 is 7.26. The van der Waals surface area contributed by atoms with Crippen LogP contribution in [-0.4, -0.2) is 53.2 Å². The van der Waals surface area contributed by atoms with Gasteiger partial charge in [-0.3, -0.25) is 4.79 Å². The van der Waals surface area contributed by atoms with Gasteiger partial charge in [-0.2, -0.15) is 0 Å². The summed E-state index contributed by atoms with van der Waals surface area (Å²) in [6, 6.07) is 36.3. The van der Waals surface area contributed by atoms with E-state index in [0.29, 0.717) is 15.6 Å². The topological polar surface area (TPSA) is 95.9 Å². The van der Waals surface area contributed by atoms with Gasteiger partial charge >= 0.3 is 12.1 Å². The van der Waals surface area contributed by atoms with Crippen LogP contribution in [0.4, 0.5) is 4.79 Å². The van der Waals surface area contributed by atoms with E-state index < -0.39 is 30.1 Å². The molecule has 4 aromatic carbocycles. The number of ether oxygens (including phenoxy) is 1. The number of carboxylic acids is 1. The lowest BCUT2D eigenvalue weighted by Gasteiger charge is -2.32. The van der Waals surface area contributed by atoms with E-state index in [2.05, 4.69) is 29.6 Å². The standard InChI is InChI=1S/C38H33ClN2O5S/c39-35-20-19-34(47-35)36(42)41(33(37(43)44)22-26-13-5-2-6-14-26)23-27(21-25-11-3-1-4-12-25)40-38(45)46-24-32-30-17-9-7-15-28(30)29-16-8-10-18-31(29)32/h1-20,27,32-33H,21-24H2,(H,40,45)(H,43,44)/t27-,33+/m1/s1. The summed E-state index contributed by atoms with van der Waals surface area (Å²) < 4.78 is 6.27. The maximum absolute atomic E-state index is 14.0. The number of carboxylic acid groups (broad SMARTS) is 1. The summed E-state index contributed by atoms with van der Waals surface area (Å²) in [6.07, 6.45) is -0.212. The van der Waals surface area contributed by atoms with E-state index in [1.54, 1.807) is 12.1 Å². The Morgan fingerprint density at radius 3 is 1.87 bits per heavy atom. The molecule has 1 heterocycles. The first-order chi connectivity index (χ1) is 22.9. The van der Waals surface area contributed by atoms with Crippen molar-refractivity contribution in [3.63, 3.8) is 0 Å². The minimum Gasteiger partial charge on any atom is -0.480 e. The maximum Gasteiger partial charge on any atom is 0.407 e. The first-order valence-electron chi connectivity index (χ1n) is 15.4. The molecule has 5 aromatic rings. The van der Waals surface area contributed by atoms with Crippen molar-refractivity contribution < 1.29 is 24.2 Å². The predicted octanol–water partition coefficient (Wildman–Crippen LogP) is 7.69. The third kappa shape index (κ3) is 7.56. The lowest BCUT2D eigenvalue weighted by atomic mass is 9.98. The largest absolute Gasteiger partial charge is 0.480 e. The van der Waals surface area contributed by atoms with Gasteiger partial charge in [0.2, 0.25) is 0 Å². The van der Waals surface area contributed by atoms with Crippen LogP contribution >= 0.6 is 22.9 Å². The third-order valence-corrected chi connectivity index (χ3v) is 9.60. The zero-order valence-electron chi connectivity index (χ0n) is 25.4. The first kappa shape index (κ1) is 32.0. The zero-order valence-corrected chi connectivity index (χ0v) is 27.0. The Morgan fingerprint density at radius 2 is 1.32 bits per heavy atom. The quantitative estimate of drug-likeness (QED) is 0.143. The summed E-state index contributed by atoms with van der Waals surface area (Å²) in [5.41, 5.74) is 6.13. The van der Waals surface area contributed by atoms with Crippen molar-refractivity contribution in [3.8, 4) is 11.1 Å². The highest BCUT2D eigenvalue weighted by Crippen LogP contribution is 2.44. The molecule has 1 aromatic heterocycles. The molecule has 238 valence electrons. The van der Waals surface area contributed by atoms with E-state index in [0.717, 1.165) is 44.7 Å². The Kier molecular flexibility index (Phi) is 10.00.